The molecule has 0 bridgehead atoms. The van der Waals surface area contributed by atoms with E-state index in [1.165, 1.54) is 138 Å². The van der Waals surface area contributed by atoms with Crippen LogP contribution in [0.1, 0.15) is 203 Å². The first-order chi connectivity index (χ1) is 29.3. The van der Waals surface area contributed by atoms with Gasteiger partial charge in [0.05, 0.1) is 43.8 Å². The Balaban J connectivity index is 1.40. The molecule has 0 aromatic carbocycles. The quantitative estimate of drug-likeness (QED) is 0.0353. The summed E-state index contributed by atoms with van der Waals surface area (Å²) in [6, 6.07) is 6.28. The number of carbonyl (C=O) groups excluding carboxylic acids is 2. The minimum absolute atomic E-state index is 0.179. The number of esters is 2. The first-order valence-corrected chi connectivity index (χ1v) is 26.8. The average molecular weight is 903 g/mol. The fourth-order valence-electron chi connectivity index (χ4n) is 7.90. The van der Waals surface area contributed by atoms with Crippen LogP contribution >= 0.6 is 45.3 Å². The van der Waals surface area contributed by atoms with Gasteiger partial charge in [-0.3, -0.25) is 0 Å². The number of hydrogen-bond donors (Lipinski definition) is 0. The number of rotatable bonds is 33. The molecule has 2 atom stereocenters. The molecule has 4 nitrogen and oxygen atoms in total. The van der Waals surface area contributed by atoms with Gasteiger partial charge in [-0.25, -0.2) is 18.4 Å². The molecule has 0 N–H and O–H groups in total. The van der Waals surface area contributed by atoms with Crippen molar-refractivity contribution in [2.24, 2.45) is 11.8 Å². The predicted molar refractivity (Wildman–Crippen MR) is 255 cm³/mol. The second kappa shape index (κ2) is 29.1. The Labute approximate surface area is 376 Å². The van der Waals surface area contributed by atoms with Crippen LogP contribution in [-0.2, 0) is 9.47 Å². The summed E-state index contributed by atoms with van der Waals surface area (Å²) < 4.78 is 43.4. The first-order valence-electron chi connectivity index (χ1n) is 23.4. The summed E-state index contributed by atoms with van der Waals surface area (Å²) in [5.74, 6) is -1.20. The summed E-state index contributed by atoms with van der Waals surface area (Å²) in [5, 5.41) is 3.65. The molecule has 60 heavy (non-hydrogen) atoms. The number of carbonyl (C=O) groups is 2. The fourth-order valence-corrected chi connectivity index (χ4v) is 12.1. The van der Waals surface area contributed by atoms with Crippen LogP contribution in [-0.4, -0.2) is 25.2 Å². The normalized spacial score (nSPS) is 12.6. The zero-order valence-electron chi connectivity index (χ0n) is 37.0. The van der Waals surface area contributed by atoms with Crippen LogP contribution < -0.4 is 0 Å². The smallest absolute Gasteiger partial charge is 0.339 e. The highest BCUT2D eigenvalue weighted by Crippen LogP contribution is 2.47. The van der Waals surface area contributed by atoms with Crippen molar-refractivity contribution in [3.63, 3.8) is 0 Å². The zero-order chi connectivity index (χ0) is 43.0. The number of hydrogen-bond acceptors (Lipinski definition) is 8. The Morgan fingerprint density at radius 1 is 0.483 bits per heavy atom. The third-order valence-electron chi connectivity index (χ3n) is 11.6. The number of halogens is 2. The van der Waals surface area contributed by atoms with E-state index in [-0.39, 0.29) is 9.75 Å². The van der Waals surface area contributed by atoms with E-state index in [0.29, 0.717) is 55.7 Å². The van der Waals surface area contributed by atoms with Crippen molar-refractivity contribution >= 4 is 57.3 Å². The molecule has 0 radical (unpaired) electrons. The summed E-state index contributed by atoms with van der Waals surface area (Å²) in [5.41, 5.74) is 0.836. The third-order valence-corrected chi connectivity index (χ3v) is 16.1. The van der Waals surface area contributed by atoms with Crippen LogP contribution in [0.4, 0.5) is 8.78 Å². The lowest BCUT2D eigenvalue weighted by molar-refractivity contribution is 0.0415. The first kappa shape index (κ1) is 50.2. The van der Waals surface area contributed by atoms with Crippen molar-refractivity contribution in [1.29, 1.82) is 0 Å². The van der Waals surface area contributed by atoms with Crippen molar-refractivity contribution in [2.45, 2.75) is 182 Å². The monoisotopic (exact) mass is 902 g/mol. The summed E-state index contributed by atoms with van der Waals surface area (Å²) in [4.78, 5) is 29.8. The highest BCUT2D eigenvalue weighted by molar-refractivity contribution is 7.28. The lowest BCUT2D eigenvalue weighted by atomic mass is 9.95. The zero-order valence-corrected chi connectivity index (χ0v) is 40.3. The van der Waals surface area contributed by atoms with Crippen molar-refractivity contribution in [3.8, 4) is 29.3 Å². The van der Waals surface area contributed by atoms with Gasteiger partial charge in [0.25, 0.3) is 0 Å². The SMILES string of the molecule is CCCCCCCCC(CCCCCC)COC(=O)c1ccsc1-c1cc(F)c(-c2sc(-c3sccc3C(=O)OCC(CCCCCC)CCCCCCCC)cc2F)s1. The molecule has 0 amide bonds. The lowest BCUT2D eigenvalue weighted by Crippen LogP contribution is -2.15. The predicted octanol–water partition coefficient (Wildman–Crippen LogP) is 18.2. The van der Waals surface area contributed by atoms with Gasteiger partial charge in [-0.15, -0.1) is 45.3 Å². The maximum atomic E-state index is 15.7. The van der Waals surface area contributed by atoms with Gasteiger partial charge in [0, 0.05) is 9.75 Å². The minimum atomic E-state index is -0.540. The van der Waals surface area contributed by atoms with E-state index in [2.05, 4.69) is 27.7 Å². The van der Waals surface area contributed by atoms with E-state index in [4.69, 9.17) is 9.47 Å². The number of ether oxygens (including phenoxy) is 2. The summed E-state index contributed by atoms with van der Waals surface area (Å²) in [6.45, 7) is 9.68. The van der Waals surface area contributed by atoms with Gasteiger partial charge in [0.1, 0.15) is 11.6 Å². The van der Waals surface area contributed by atoms with Crippen LogP contribution in [0.25, 0.3) is 29.3 Å². The van der Waals surface area contributed by atoms with Crippen molar-refractivity contribution in [1.82, 2.24) is 0 Å². The van der Waals surface area contributed by atoms with Gasteiger partial charge >= 0.3 is 11.9 Å². The van der Waals surface area contributed by atoms with E-state index in [9.17, 15) is 9.59 Å². The molecule has 334 valence electrons. The van der Waals surface area contributed by atoms with Gasteiger partial charge in [0.15, 0.2) is 0 Å². The van der Waals surface area contributed by atoms with E-state index < -0.39 is 23.6 Å². The van der Waals surface area contributed by atoms with E-state index >= 15 is 8.78 Å². The average Bonchev–Trinajstić information content (AvgIpc) is 4.08. The molecule has 0 aliphatic heterocycles. The molecular formula is C50H72F2O4S4. The van der Waals surface area contributed by atoms with E-state index in [1.54, 1.807) is 12.1 Å². The van der Waals surface area contributed by atoms with Gasteiger partial charge < -0.3 is 9.47 Å². The molecule has 0 aliphatic rings. The highest BCUT2D eigenvalue weighted by atomic mass is 32.1. The molecule has 4 rings (SSSR count). The van der Waals surface area contributed by atoms with Crippen molar-refractivity contribution < 1.29 is 27.8 Å². The second-order valence-corrected chi connectivity index (χ2v) is 20.6. The lowest BCUT2D eigenvalue weighted by Gasteiger charge is -2.17. The van der Waals surface area contributed by atoms with Crippen LogP contribution in [0.15, 0.2) is 35.0 Å². The molecule has 0 spiro atoms. The summed E-state index contributed by atoms with van der Waals surface area (Å²) >= 11 is 5.00. The molecule has 4 heterocycles. The maximum Gasteiger partial charge on any atom is 0.339 e. The fraction of sp³-hybridized carbons (Fsp3) is 0.640. The van der Waals surface area contributed by atoms with Gasteiger partial charge in [0.2, 0.25) is 0 Å². The second-order valence-electron chi connectivity index (χ2n) is 16.6. The molecule has 0 saturated carbocycles. The Morgan fingerprint density at radius 3 is 1.15 bits per heavy atom. The molecule has 10 heteroatoms. The van der Waals surface area contributed by atoms with E-state index in [0.717, 1.165) is 74.0 Å². The molecular weight excluding hydrogens is 831 g/mol. The van der Waals surface area contributed by atoms with Gasteiger partial charge in [-0.1, -0.05) is 156 Å². The molecule has 4 aromatic rings. The number of thiophene rings is 4. The number of unbranched alkanes of at least 4 members (excludes halogenated alkanes) is 16. The Bertz CT molecular complexity index is 1660. The summed E-state index contributed by atoms with van der Waals surface area (Å²) in [7, 11) is 0. The molecule has 0 aliphatic carbocycles. The van der Waals surface area contributed by atoms with Gasteiger partial charge in [-0.2, -0.15) is 0 Å². The maximum absolute atomic E-state index is 15.7. The molecule has 4 aromatic heterocycles. The molecule has 0 fully saturated rings. The largest absolute Gasteiger partial charge is 0.462 e. The third kappa shape index (κ3) is 16.7. The van der Waals surface area contributed by atoms with Crippen LogP contribution in [0, 0.1) is 23.5 Å². The Kier molecular flexibility index (Phi) is 24.3. The standard InChI is InChI=1S/C50H72F2O4S4/c1-5-9-13-17-19-23-27-37(25-21-15-11-7-3)35-55-49(53)39-29-31-57-45(39)43-33-41(51)47(59-43)48-42(52)34-44(60-48)46-40(30-32-58-46)50(54)56-36-38(26-22-16-12-8-4)28-24-20-18-14-10-6-2/h29-34,37-38H,5-28,35-36H2,1-4H3. The Hall–Kier alpha value is -2.40. The van der Waals surface area contributed by atoms with Crippen LogP contribution in [0.2, 0.25) is 0 Å². The minimum Gasteiger partial charge on any atom is -0.462 e. The van der Waals surface area contributed by atoms with Crippen LogP contribution in [0.5, 0.6) is 0 Å². The highest BCUT2D eigenvalue weighted by Gasteiger charge is 2.26. The Morgan fingerprint density at radius 2 is 0.800 bits per heavy atom. The molecule has 2 unspecified atom stereocenters. The van der Waals surface area contributed by atoms with E-state index in [1.807, 2.05) is 10.8 Å². The van der Waals surface area contributed by atoms with Gasteiger partial charge in [-0.05, 0) is 72.5 Å². The molecule has 0 saturated heterocycles. The van der Waals surface area contributed by atoms with Crippen LogP contribution in [0.3, 0.4) is 0 Å². The van der Waals surface area contributed by atoms with Crippen molar-refractivity contribution in [3.05, 3.63) is 57.8 Å². The summed E-state index contributed by atoms with van der Waals surface area (Å²) in [6.07, 6.45) is 28.6. The topological polar surface area (TPSA) is 52.6 Å². The van der Waals surface area contributed by atoms with Crippen molar-refractivity contribution in [2.75, 3.05) is 13.2 Å².